The fourth-order valence-electron chi connectivity index (χ4n) is 1.07. The molecule has 2 rings (SSSR count). The normalized spacial score (nSPS) is 15.5. The maximum absolute atomic E-state index is 5.71. The lowest BCUT2D eigenvalue weighted by Crippen LogP contribution is -2.02. The molecule has 1 aromatic rings. The molecule has 0 unspecified atom stereocenters. The second kappa shape index (κ2) is 3.12. The highest BCUT2D eigenvalue weighted by atomic mass is 16.5. The number of aromatic nitrogens is 1. The molecule has 4 heteroatoms. The molecule has 1 aliphatic rings. The summed E-state index contributed by atoms with van der Waals surface area (Å²) in [5.74, 6) is 1.23. The van der Waals surface area contributed by atoms with Crippen molar-refractivity contribution in [3.63, 3.8) is 0 Å². The number of methoxy groups -OCH3 is 1. The summed E-state index contributed by atoms with van der Waals surface area (Å²) >= 11 is 0. The minimum Gasteiger partial charge on any atom is -0.491 e. The Labute approximate surface area is 76.7 Å². The van der Waals surface area contributed by atoms with Crippen LogP contribution in [0, 0.1) is 0 Å². The van der Waals surface area contributed by atoms with Crippen molar-refractivity contribution in [2.24, 2.45) is 0 Å². The molecule has 0 spiro atoms. The van der Waals surface area contributed by atoms with Gasteiger partial charge in [-0.05, 0) is 12.8 Å². The molecule has 13 heavy (non-hydrogen) atoms. The number of hydrogen-bond acceptors (Lipinski definition) is 4. The van der Waals surface area contributed by atoms with Gasteiger partial charge in [-0.25, -0.2) is 0 Å². The minimum absolute atomic E-state index is 0.318. The third kappa shape index (κ3) is 1.66. The molecule has 1 saturated carbocycles. The Morgan fingerprint density at radius 2 is 2.23 bits per heavy atom. The van der Waals surface area contributed by atoms with E-state index in [0.29, 0.717) is 23.3 Å². The van der Waals surface area contributed by atoms with Crippen LogP contribution in [0.5, 0.6) is 11.5 Å². The summed E-state index contributed by atoms with van der Waals surface area (Å²) in [6.45, 7) is 0. The minimum atomic E-state index is 0.318. The monoisotopic (exact) mass is 180 g/mol. The lowest BCUT2D eigenvalue weighted by molar-refractivity contribution is 0.283. The molecule has 0 amide bonds. The van der Waals surface area contributed by atoms with Crippen LogP contribution in [0.3, 0.4) is 0 Å². The Morgan fingerprint density at radius 1 is 1.46 bits per heavy atom. The van der Waals surface area contributed by atoms with Crippen molar-refractivity contribution in [1.29, 1.82) is 0 Å². The first-order valence-corrected chi connectivity index (χ1v) is 4.25. The summed E-state index contributed by atoms with van der Waals surface area (Å²) in [4.78, 5) is 3.91. The van der Waals surface area contributed by atoms with Crippen LogP contribution in [-0.2, 0) is 0 Å². The highest BCUT2D eigenvalue weighted by Crippen LogP contribution is 2.36. The van der Waals surface area contributed by atoms with Gasteiger partial charge in [-0.15, -0.1) is 0 Å². The van der Waals surface area contributed by atoms with E-state index in [1.807, 2.05) is 0 Å². The molecule has 0 saturated heterocycles. The highest BCUT2D eigenvalue weighted by molar-refractivity contribution is 5.58. The van der Waals surface area contributed by atoms with Crippen LogP contribution in [0.2, 0.25) is 0 Å². The van der Waals surface area contributed by atoms with Crippen LogP contribution in [0.15, 0.2) is 12.4 Å². The summed E-state index contributed by atoms with van der Waals surface area (Å²) in [6.07, 6.45) is 5.70. The average Bonchev–Trinajstić information content (AvgIpc) is 2.92. The SMILES string of the molecule is COc1cncc(N)c1OC1CC1. The lowest BCUT2D eigenvalue weighted by Gasteiger charge is -2.10. The van der Waals surface area contributed by atoms with E-state index in [2.05, 4.69) is 4.98 Å². The number of hydrogen-bond donors (Lipinski definition) is 1. The summed E-state index contributed by atoms with van der Waals surface area (Å²) < 4.78 is 10.7. The number of nitrogens with two attached hydrogens (primary N) is 1. The van der Waals surface area contributed by atoms with Gasteiger partial charge in [0.1, 0.15) is 0 Å². The summed E-state index contributed by atoms with van der Waals surface area (Å²) in [5, 5.41) is 0. The van der Waals surface area contributed by atoms with Crippen LogP contribution in [0.1, 0.15) is 12.8 Å². The number of nitrogen functional groups attached to an aromatic ring is 1. The van der Waals surface area contributed by atoms with E-state index in [4.69, 9.17) is 15.2 Å². The Bertz CT molecular complexity index is 310. The second-order valence-corrected chi connectivity index (χ2v) is 3.08. The van der Waals surface area contributed by atoms with Crippen molar-refractivity contribution in [3.05, 3.63) is 12.4 Å². The van der Waals surface area contributed by atoms with Crippen LogP contribution < -0.4 is 15.2 Å². The quantitative estimate of drug-likeness (QED) is 0.759. The molecule has 0 aromatic carbocycles. The molecule has 1 heterocycles. The number of anilines is 1. The molecule has 4 nitrogen and oxygen atoms in total. The molecule has 1 fully saturated rings. The summed E-state index contributed by atoms with van der Waals surface area (Å²) in [6, 6.07) is 0. The third-order valence-corrected chi connectivity index (χ3v) is 1.92. The Hall–Kier alpha value is -1.45. The van der Waals surface area contributed by atoms with Gasteiger partial charge < -0.3 is 15.2 Å². The van der Waals surface area contributed by atoms with Gasteiger partial charge in [0.05, 0.1) is 31.3 Å². The fraction of sp³-hybridized carbons (Fsp3) is 0.444. The topological polar surface area (TPSA) is 57.4 Å². The van der Waals surface area contributed by atoms with Crippen molar-refractivity contribution < 1.29 is 9.47 Å². The van der Waals surface area contributed by atoms with E-state index in [1.54, 1.807) is 19.5 Å². The fourth-order valence-corrected chi connectivity index (χ4v) is 1.07. The van der Waals surface area contributed by atoms with Crippen LogP contribution in [-0.4, -0.2) is 18.2 Å². The lowest BCUT2D eigenvalue weighted by atomic mass is 10.3. The molecule has 70 valence electrons. The summed E-state index contributed by atoms with van der Waals surface area (Å²) in [7, 11) is 1.58. The molecule has 2 N–H and O–H groups in total. The third-order valence-electron chi connectivity index (χ3n) is 1.92. The zero-order chi connectivity index (χ0) is 9.26. The van der Waals surface area contributed by atoms with Crippen molar-refractivity contribution in [1.82, 2.24) is 4.98 Å². The first-order valence-electron chi connectivity index (χ1n) is 4.25. The first kappa shape index (κ1) is 8.16. The number of nitrogens with zero attached hydrogens (tertiary/aromatic N) is 1. The van der Waals surface area contributed by atoms with Gasteiger partial charge in [-0.1, -0.05) is 0 Å². The smallest absolute Gasteiger partial charge is 0.187 e. The van der Waals surface area contributed by atoms with Gasteiger partial charge in [-0.3, -0.25) is 4.98 Å². The van der Waals surface area contributed by atoms with E-state index in [1.165, 1.54) is 0 Å². The zero-order valence-electron chi connectivity index (χ0n) is 7.49. The van der Waals surface area contributed by atoms with Gasteiger partial charge in [0.25, 0.3) is 0 Å². The predicted molar refractivity (Wildman–Crippen MR) is 48.9 cm³/mol. The molecular weight excluding hydrogens is 168 g/mol. The Kier molecular flexibility index (Phi) is 1.96. The number of ether oxygens (including phenoxy) is 2. The molecule has 0 aliphatic heterocycles. The molecular formula is C9H12N2O2. The van der Waals surface area contributed by atoms with E-state index in [0.717, 1.165) is 12.8 Å². The number of rotatable bonds is 3. The molecule has 0 bridgehead atoms. The van der Waals surface area contributed by atoms with E-state index < -0.39 is 0 Å². The maximum Gasteiger partial charge on any atom is 0.187 e. The van der Waals surface area contributed by atoms with Crippen LogP contribution in [0.25, 0.3) is 0 Å². The van der Waals surface area contributed by atoms with E-state index in [9.17, 15) is 0 Å². The highest BCUT2D eigenvalue weighted by Gasteiger charge is 2.25. The average molecular weight is 180 g/mol. The van der Waals surface area contributed by atoms with Gasteiger partial charge >= 0.3 is 0 Å². The predicted octanol–water partition coefficient (Wildman–Crippen LogP) is 1.21. The largest absolute Gasteiger partial charge is 0.491 e. The van der Waals surface area contributed by atoms with Gasteiger partial charge in [0, 0.05) is 0 Å². The number of pyridine rings is 1. The van der Waals surface area contributed by atoms with E-state index >= 15 is 0 Å². The van der Waals surface area contributed by atoms with Crippen molar-refractivity contribution in [2.75, 3.05) is 12.8 Å². The van der Waals surface area contributed by atoms with Crippen molar-refractivity contribution in [3.8, 4) is 11.5 Å². The van der Waals surface area contributed by atoms with Crippen LogP contribution in [0.4, 0.5) is 5.69 Å². The standard InChI is InChI=1S/C9H12N2O2/c1-12-8-5-11-4-7(10)9(8)13-6-2-3-6/h4-6H,2-3,10H2,1H3. The van der Waals surface area contributed by atoms with Gasteiger partial charge in [0.15, 0.2) is 11.5 Å². The molecule has 1 aliphatic carbocycles. The van der Waals surface area contributed by atoms with E-state index in [-0.39, 0.29) is 0 Å². The van der Waals surface area contributed by atoms with Crippen LogP contribution >= 0.6 is 0 Å². The van der Waals surface area contributed by atoms with Crippen molar-refractivity contribution >= 4 is 5.69 Å². The zero-order valence-corrected chi connectivity index (χ0v) is 7.49. The first-order chi connectivity index (χ1) is 6.31. The Balaban J connectivity index is 2.27. The van der Waals surface area contributed by atoms with Gasteiger partial charge in [-0.2, -0.15) is 0 Å². The molecule has 1 aromatic heterocycles. The maximum atomic E-state index is 5.71. The second-order valence-electron chi connectivity index (χ2n) is 3.08. The van der Waals surface area contributed by atoms with Gasteiger partial charge in [0.2, 0.25) is 0 Å². The summed E-state index contributed by atoms with van der Waals surface area (Å²) in [5.41, 5.74) is 6.24. The Morgan fingerprint density at radius 3 is 2.85 bits per heavy atom. The molecule has 0 atom stereocenters. The van der Waals surface area contributed by atoms with Crippen molar-refractivity contribution in [2.45, 2.75) is 18.9 Å². The molecule has 0 radical (unpaired) electrons.